The third kappa shape index (κ3) is 7.20. The molecule has 9 heteroatoms. The second-order valence-corrected chi connectivity index (χ2v) is 6.05. The Hall–Kier alpha value is -2.00. The van der Waals surface area contributed by atoms with Crippen molar-refractivity contribution >= 4 is 47.1 Å². The van der Waals surface area contributed by atoms with E-state index in [-0.39, 0.29) is 6.54 Å². The Kier molecular flexibility index (Phi) is 8.20. The standard InChI is InChI=1S/C14H19N3O4S2/c1-4-20-13(18)10-17(12-8-6-5-7-9-12)23-16(3)14(19)21-15-11(2)22/h5-9H,4,10H2,1-3H3,(H,15,22). The predicted octanol–water partition coefficient (Wildman–Crippen LogP) is 2.54. The molecular weight excluding hydrogens is 338 g/mol. The summed E-state index contributed by atoms with van der Waals surface area (Å²) in [6, 6.07) is 9.18. The van der Waals surface area contributed by atoms with E-state index in [2.05, 4.69) is 5.48 Å². The summed E-state index contributed by atoms with van der Waals surface area (Å²) in [5.41, 5.74) is 3.07. The fourth-order valence-electron chi connectivity index (χ4n) is 1.45. The molecule has 1 amide bonds. The molecule has 1 N–H and O–H groups in total. The number of benzene rings is 1. The number of nitrogens with zero attached hydrogens (tertiary/aromatic N) is 2. The number of para-hydroxylation sites is 1. The maximum Gasteiger partial charge on any atom is 0.445 e. The number of ether oxygens (including phenoxy) is 1. The zero-order chi connectivity index (χ0) is 17.2. The number of hydrogen-bond donors (Lipinski definition) is 1. The average Bonchev–Trinajstić information content (AvgIpc) is 2.52. The number of hydroxylamine groups is 1. The molecule has 0 saturated heterocycles. The van der Waals surface area contributed by atoms with Crippen molar-refractivity contribution in [3.63, 3.8) is 0 Å². The Balaban J connectivity index is 2.74. The number of carbonyl (C=O) groups excluding carboxylic acids is 2. The molecule has 1 aromatic carbocycles. The van der Waals surface area contributed by atoms with E-state index in [1.54, 1.807) is 18.2 Å². The summed E-state index contributed by atoms with van der Waals surface area (Å²) in [4.78, 5) is 28.7. The van der Waals surface area contributed by atoms with Crippen molar-refractivity contribution in [2.75, 3.05) is 24.5 Å². The first kappa shape index (κ1) is 19.0. The summed E-state index contributed by atoms with van der Waals surface area (Å²) in [5, 5.41) is 0. The largest absolute Gasteiger partial charge is 0.465 e. The molecule has 0 saturated carbocycles. The number of amides is 1. The first-order valence-electron chi connectivity index (χ1n) is 6.81. The maximum atomic E-state index is 11.8. The zero-order valence-electron chi connectivity index (χ0n) is 13.1. The van der Waals surface area contributed by atoms with Crippen molar-refractivity contribution in [2.24, 2.45) is 0 Å². The lowest BCUT2D eigenvalue weighted by atomic mass is 10.3. The summed E-state index contributed by atoms with van der Waals surface area (Å²) >= 11 is 5.79. The van der Waals surface area contributed by atoms with Crippen LogP contribution in [-0.2, 0) is 14.4 Å². The van der Waals surface area contributed by atoms with E-state index in [4.69, 9.17) is 21.8 Å². The van der Waals surface area contributed by atoms with E-state index in [0.29, 0.717) is 11.6 Å². The molecule has 0 spiro atoms. The Morgan fingerprint density at radius 1 is 1.30 bits per heavy atom. The first-order chi connectivity index (χ1) is 10.9. The Morgan fingerprint density at radius 3 is 2.52 bits per heavy atom. The summed E-state index contributed by atoms with van der Waals surface area (Å²) in [6.07, 6.45) is -0.649. The highest BCUT2D eigenvalue weighted by Crippen LogP contribution is 2.24. The molecule has 0 heterocycles. The van der Waals surface area contributed by atoms with Crippen LogP contribution >= 0.6 is 24.4 Å². The van der Waals surface area contributed by atoms with Gasteiger partial charge < -0.3 is 9.57 Å². The van der Waals surface area contributed by atoms with Gasteiger partial charge in [-0.25, -0.2) is 14.6 Å². The SMILES string of the molecule is CCOC(=O)CN(SN(C)C(=O)ONC(C)=S)c1ccccc1. The normalized spacial score (nSPS) is 9.70. The smallest absolute Gasteiger partial charge is 0.445 e. The van der Waals surface area contributed by atoms with Crippen molar-refractivity contribution in [1.29, 1.82) is 0 Å². The number of carbonyl (C=O) groups is 2. The Bertz CT molecular complexity index is 542. The summed E-state index contributed by atoms with van der Waals surface area (Å²) < 4.78 is 7.82. The van der Waals surface area contributed by atoms with Crippen LogP contribution in [0, 0.1) is 0 Å². The number of thiocarbonyl (C=S) groups is 1. The van der Waals surface area contributed by atoms with Crippen molar-refractivity contribution in [3.8, 4) is 0 Å². The molecule has 0 aliphatic carbocycles. The fraction of sp³-hybridized carbons (Fsp3) is 0.357. The van der Waals surface area contributed by atoms with Gasteiger partial charge in [0.25, 0.3) is 0 Å². The van der Waals surface area contributed by atoms with Crippen molar-refractivity contribution < 1.29 is 19.2 Å². The highest BCUT2D eigenvalue weighted by Gasteiger charge is 2.20. The second kappa shape index (κ2) is 9.90. The third-order valence-electron chi connectivity index (χ3n) is 2.38. The predicted molar refractivity (Wildman–Crippen MR) is 93.7 cm³/mol. The van der Waals surface area contributed by atoms with E-state index in [1.165, 1.54) is 11.4 Å². The molecule has 0 aliphatic heterocycles. The molecule has 0 bridgehead atoms. The Morgan fingerprint density at radius 2 is 1.96 bits per heavy atom. The fourth-order valence-corrected chi connectivity index (χ4v) is 2.27. The van der Waals surface area contributed by atoms with Crippen LogP contribution in [0.1, 0.15) is 13.8 Å². The first-order valence-corrected chi connectivity index (χ1v) is 7.95. The van der Waals surface area contributed by atoms with Gasteiger partial charge in [-0.2, -0.15) is 0 Å². The summed E-state index contributed by atoms with van der Waals surface area (Å²) in [5.74, 6) is -0.390. The van der Waals surface area contributed by atoms with Gasteiger partial charge in [-0.1, -0.05) is 30.4 Å². The Labute approximate surface area is 145 Å². The van der Waals surface area contributed by atoms with Crippen LogP contribution in [0.2, 0.25) is 0 Å². The van der Waals surface area contributed by atoms with Crippen LogP contribution in [0.3, 0.4) is 0 Å². The van der Waals surface area contributed by atoms with E-state index in [1.807, 2.05) is 30.3 Å². The van der Waals surface area contributed by atoms with Crippen molar-refractivity contribution in [2.45, 2.75) is 13.8 Å². The number of esters is 1. The van der Waals surface area contributed by atoms with Gasteiger partial charge in [-0.15, -0.1) is 0 Å². The molecule has 0 aliphatic rings. The second-order valence-electron chi connectivity index (χ2n) is 4.28. The lowest BCUT2D eigenvalue weighted by Gasteiger charge is -2.26. The van der Waals surface area contributed by atoms with Crippen molar-refractivity contribution in [1.82, 2.24) is 9.79 Å². The zero-order valence-corrected chi connectivity index (χ0v) is 14.8. The monoisotopic (exact) mass is 357 g/mol. The maximum absolute atomic E-state index is 11.8. The molecule has 0 unspecified atom stereocenters. The van der Waals surface area contributed by atoms with E-state index < -0.39 is 12.1 Å². The van der Waals surface area contributed by atoms with Crippen LogP contribution in [-0.4, -0.2) is 41.6 Å². The van der Waals surface area contributed by atoms with Gasteiger partial charge in [-0.3, -0.25) is 9.10 Å². The molecule has 1 rings (SSSR count). The molecule has 0 aromatic heterocycles. The average molecular weight is 357 g/mol. The van der Waals surface area contributed by atoms with Crippen LogP contribution < -0.4 is 9.79 Å². The molecule has 23 heavy (non-hydrogen) atoms. The molecule has 7 nitrogen and oxygen atoms in total. The molecule has 0 fully saturated rings. The van der Waals surface area contributed by atoms with Gasteiger partial charge >= 0.3 is 12.1 Å². The minimum absolute atomic E-state index is 0.0141. The number of rotatable bonds is 6. The van der Waals surface area contributed by atoms with E-state index in [9.17, 15) is 9.59 Å². The molecule has 126 valence electrons. The number of anilines is 1. The molecular formula is C14H19N3O4S2. The topological polar surface area (TPSA) is 71.1 Å². The van der Waals surface area contributed by atoms with Gasteiger partial charge in [-0.05, 0) is 26.0 Å². The van der Waals surface area contributed by atoms with Crippen LogP contribution in [0.4, 0.5) is 10.5 Å². The van der Waals surface area contributed by atoms with E-state index in [0.717, 1.165) is 17.8 Å². The summed E-state index contributed by atoms with van der Waals surface area (Å²) in [7, 11) is 1.52. The highest BCUT2D eigenvalue weighted by atomic mass is 32.2. The minimum atomic E-state index is -0.649. The minimum Gasteiger partial charge on any atom is -0.465 e. The van der Waals surface area contributed by atoms with Gasteiger partial charge in [0.2, 0.25) is 0 Å². The van der Waals surface area contributed by atoms with E-state index >= 15 is 0 Å². The lowest BCUT2D eigenvalue weighted by molar-refractivity contribution is -0.141. The van der Waals surface area contributed by atoms with Gasteiger partial charge in [0.1, 0.15) is 11.5 Å². The summed E-state index contributed by atoms with van der Waals surface area (Å²) in [6.45, 7) is 3.61. The van der Waals surface area contributed by atoms with Gasteiger partial charge in [0, 0.05) is 12.7 Å². The highest BCUT2D eigenvalue weighted by molar-refractivity contribution is 7.98. The number of nitrogens with one attached hydrogen (secondary N) is 1. The quantitative estimate of drug-likeness (QED) is 0.360. The van der Waals surface area contributed by atoms with Gasteiger partial charge in [0.05, 0.1) is 18.7 Å². The van der Waals surface area contributed by atoms with Crippen LogP contribution in [0.15, 0.2) is 30.3 Å². The van der Waals surface area contributed by atoms with Gasteiger partial charge in [0.15, 0.2) is 0 Å². The molecule has 0 radical (unpaired) electrons. The lowest BCUT2D eigenvalue weighted by Crippen LogP contribution is -2.34. The molecule has 0 atom stereocenters. The van der Waals surface area contributed by atoms with Crippen LogP contribution in [0.25, 0.3) is 0 Å². The third-order valence-corrected chi connectivity index (χ3v) is 3.40. The van der Waals surface area contributed by atoms with Crippen LogP contribution in [0.5, 0.6) is 0 Å². The molecule has 1 aromatic rings. The van der Waals surface area contributed by atoms with Crippen molar-refractivity contribution in [3.05, 3.63) is 30.3 Å². The number of hydrogen-bond acceptors (Lipinski definition) is 7.